The molecule has 0 radical (unpaired) electrons. The van der Waals surface area contributed by atoms with Crippen LogP contribution >= 0.6 is 12.4 Å². The van der Waals surface area contributed by atoms with Crippen molar-refractivity contribution in [3.8, 4) is 17.2 Å². The minimum absolute atomic E-state index is 0. The summed E-state index contributed by atoms with van der Waals surface area (Å²) in [5, 5.41) is 0. The number of fused-ring (bicyclic) bond motifs is 1. The fourth-order valence-electron chi connectivity index (χ4n) is 3.62. The van der Waals surface area contributed by atoms with Crippen molar-refractivity contribution in [3.05, 3.63) is 59.4 Å². The van der Waals surface area contributed by atoms with E-state index in [9.17, 15) is 4.79 Å². The molecule has 1 saturated heterocycles. The maximum atomic E-state index is 12.6. The number of Topliss-reactive ketones (excluding diaryl/α,β-unsaturated/α-hetero) is 1. The highest BCUT2D eigenvalue weighted by Crippen LogP contribution is 2.35. The van der Waals surface area contributed by atoms with Crippen LogP contribution in [0.4, 0.5) is 0 Å². The molecule has 2 aliphatic rings. The molecule has 2 heterocycles. The quantitative estimate of drug-likeness (QED) is 0.488. The van der Waals surface area contributed by atoms with Gasteiger partial charge in [-0.1, -0.05) is 12.1 Å². The van der Waals surface area contributed by atoms with Gasteiger partial charge in [-0.2, -0.15) is 0 Å². The van der Waals surface area contributed by atoms with Crippen molar-refractivity contribution in [3.63, 3.8) is 0 Å². The molecule has 0 bridgehead atoms. The van der Waals surface area contributed by atoms with Crippen molar-refractivity contribution >= 4 is 24.3 Å². The highest BCUT2D eigenvalue weighted by molar-refractivity contribution is 6.14. The lowest BCUT2D eigenvalue weighted by molar-refractivity contribution is 0.101. The lowest BCUT2D eigenvalue weighted by Crippen LogP contribution is -2.21. The number of likely N-dealkylation sites (tertiary alicyclic amines) is 1. The van der Waals surface area contributed by atoms with E-state index in [0.29, 0.717) is 23.7 Å². The Morgan fingerprint density at radius 1 is 1.10 bits per heavy atom. The van der Waals surface area contributed by atoms with E-state index in [1.54, 1.807) is 25.3 Å². The van der Waals surface area contributed by atoms with Gasteiger partial charge in [0.25, 0.3) is 0 Å². The number of halogens is 1. The van der Waals surface area contributed by atoms with Gasteiger partial charge in [0, 0.05) is 12.6 Å². The van der Waals surface area contributed by atoms with Gasteiger partial charge in [-0.05, 0) is 68.3 Å². The van der Waals surface area contributed by atoms with Crippen LogP contribution in [0.15, 0.2) is 48.2 Å². The van der Waals surface area contributed by atoms with Gasteiger partial charge in [0.15, 0.2) is 5.76 Å². The second-order valence-corrected chi connectivity index (χ2v) is 7.13. The molecule has 0 unspecified atom stereocenters. The molecule has 0 saturated carbocycles. The van der Waals surface area contributed by atoms with Gasteiger partial charge in [-0.3, -0.25) is 4.79 Å². The molecule has 1 fully saturated rings. The molecule has 0 amide bonds. The summed E-state index contributed by atoms with van der Waals surface area (Å²) >= 11 is 0. The zero-order valence-electron chi connectivity index (χ0n) is 16.6. The normalized spacial score (nSPS) is 17.0. The fourth-order valence-corrected chi connectivity index (χ4v) is 3.62. The third-order valence-corrected chi connectivity index (χ3v) is 5.12. The van der Waals surface area contributed by atoms with Gasteiger partial charge >= 0.3 is 0 Å². The molecule has 0 aliphatic carbocycles. The standard InChI is InChI=1S/C23H25NO4.ClH/c1-26-18-7-4-6-17(14-18)15-22-23(25)20-9-8-19(16-21(20)28-22)27-13-5-12-24-10-2-3-11-24;/h4,6-9,14-16H,2-3,5,10-13H2,1H3;1H/b22-15-;. The van der Waals surface area contributed by atoms with Gasteiger partial charge in [0.05, 0.1) is 19.3 Å². The maximum absolute atomic E-state index is 12.6. The molecule has 154 valence electrons. The summed E-state index contributed by atoms with van der Waals surface area (Å²) in [5.74, 6) is 2.22. The Bertz CT molecular complexity index is 890. The van der Waals surface area contributed by atoms with E-state index in [2.05, 4.69) is 4.90 Å². The van der Waals surface area contributed by atoms with E-state index in [1.807, 2.05) is 30.3 Å². The predicted octanol–water partition coefficient (Wildman–Crippen LogP) is 4.60. The predicted molar refractivity (Wildman–Crippen MR) is 115 cm³/mol. The third kappa shape index (κ3) is 5.11. The molecule has 2 aromatic carbocycles. The SMILES string of the molecule is COc1cccc(/C=C2\Oc3cc(OCCCN4CCCC4)ccc3C2=O)c1.Cl. The summed E-state index contributed by atoms with van der Waals surface area (Å²) in [7, 11) is 1.62. The Kier molecular flexibility index (Phi) is 7.18. The molecular formula is C23H26ClNO4. The van der Waals surface area contributed by atoms with Crippen LogP contribution in [-0.4, -0.2) is 44.0 Å². The second-order valence-electron chi connectivity index (χ2n) is 7.13. The van der Waals surface area contributed by atoms with Crippen molar-refractivity contribution in [1.29, 1.82) is 0 Å². The molecule has 0 spiro atoms. The van der Waals surface area contributed by atoms with Crippen LogP contribution in [0.2, 0.25) is 0 Å². The number of allylic oxidation sites excluding steroid dienone is 1. The summed E-state index contributed by atoms with van der Waals surface area (Å²) in [4.78, 5) is 15.1. The van der Waals surface area contributed by atoms with Crippen molar-refractivity contribution in [1.82, 2.24) is 4.90 Å². The molecule has 0 N–H and O–H groups in total. The van der Waals surface area contributed by atoms with Crippen LogP contribution in [0.3, 0.4) is 0 Å². The molecular weight excluding hydrogens is 390 g/mol. The number of hydrogen-bond donors (Lipinski definition) is 0. The number of methoxy groups -OCH3 is 1. The molecule has 0 atom stereocenters. The van der Waals surface area contributed by atoms with Crippen molar-refractivity contribution in [2.24, 2.45) is 0 Å². The Hall–Kier alpha value is -2.50. The van der Waals surface area contributed by atoms with Crippen LogP contribution in [0.1, 0.15) is 35.2 Å². The van der Waals surface area contributed by atoms with Crippen LogP contribution in [0.25, 0.3) is 6.08 Å². The number of nitrogens with zero attached hydrogens (tertiary/aromatic N) is 1. The summed E-state index contributed by atoms with van der Waals surface area (Å²) in [6.07, 6.45) is 5.35. The van der Waals surface area contributed by atoms with Gasteiger partial charge in [0.2, 0.25) is 5.78 Å². The molecule has 0 aromatic heterocycles. The first-order valence-electron chi connectivity index (χ1n) is 9.80. The lowest BCUT2D eigenvalue weighted by atomic mass is 10.1. The van der Waals surface area contributed by atoms with E-state index in [0.717, 1.165) is 30.0 Å². The molecule has 5 nitrogen and oxygen atoms in total. The molecule has 2 aromatic rings. The number of ketones is 1. The van der Waals surface area contributed by atoms with E-state index < -0.39 is 0 Å². The number of benzene rings is 2. The molecule has 2 aliphatic heterocycles. The topological polar surface area (TPSA) is 48.0 Å². The van der Waals surface area contributed by atoms with Crippen molar-refractivity contribution in [2.75, 3.05) is 33.4 Å². The van der Waals surface area contributed by atoms with Crippen LogP contribution in [-0.2, 0) is 0 Å². The van der Waals surface area contributed by atoms with E-state index in [1.165, 1.54) is 25.9 Å². The van der Waals surface area contributed by atoms with Gasteiger partial charge in [0.1, 0.15) is 17.2 Å². The highest BCUT2D eigenvalue weighted by atomic mass is 35.5. The van der Waals surface area contributed by atoms with Crippen LogP contribution in [0, 0.1) is 0 Å². The lowest BCUT2D eigenvalue weighted by Gasteiger charge is -2.14. The number of carbonyl (C=O) groups is 1. The molecule has 29 heavy (non-hydrogen) atoms. The van der Waals surface area contributed by atoms with E-state index in [4.69, 9.17) is 14.2 Å². The van der Waals surface area contributed by atoms with Gasteiger partial charge in [-0.15, -0.1) is 12.4 Å². The smallest absolute Gasteiger partial charge is 0.231 e. The average Bonchev–Trinajstić information content (AvgIpc) is 3.34. The Morgan fingerprint density at radius 2 is 1.93 bits per heavy atom. The zero-order chi connectivity index (χ0) is 19.3. The Morgan fingerprint density at radius 3 is 2.72 bits per heavy atom. The second kappa shape index (κ2) is 9.81. The largest absolute Gasteiger partial charge is 0.497 e. The number of carbonyl (C=O) groups excluding carboxylic acids is 1. The monoisotopic (exact) mass is 415 g/mol. The van der Waals surface area contributed by atoms with Crippen molar-refractivity contribution in [2.45, 2.75) is 19.3 Å². The summed E-state index contributed by atoms with van der Waals surface area (Å²) in [5.41, 5.74) is 1.42. The molecule has 6 heteroatoms. The van der Waals surface area contributed by atoms with Crippen LogP contribution in [0.5, 0.6) is 17.2 Å². The average molecular weight is 416 g/mol. The minimum atomic E-state index is -0.113. The maximum Gasteiger partial charge on any atom is 0.231 e. The van der Waals surface area contributed by atoms with Crippen molar-refractivity contribution < 1.29 is 19.0 Å². The van der Waals surface area contributed by atoms with E-state index >= 15 is 0 Å². The summed E-state index contributed by atoms with van der Waals surface area (Å²) < 4.78 is 16.9. The van der Waals surface area contributed by atoms with Gasteiger partial charge < -0.3 is 19.1 Å². The van der Waals surface area contributed by atoms with Crippen LogP contribution < -0.4 is 14.2 Å². The Labute approximate surface area is 177 Å². The first-order chi connectivity index (χ1) is 13.7. The first kappa shape index (κ1) is 21.2. The summed E-state index contributed by atoms with van der Waals surface area (Å²) in [6, 6.07) is 12.9. The summed E-state index contributed by atoms with van der Waals surface area (Å²) in [6.45, 7) is 4.15. The minimum Gasteiger partial charge on any atom is -0.497 e. The first-order valence-corrected chi connectivity index (χ1v) is 9.80. The number of ether oxygens (including phenoxy) is 3. The van der Waals surface area contributed by atoms with E-state index in [-0.39, 0.29) is 18.2 Å². The third-order valence-electron chi connectivity index (χ3n) is 5.12. The zero-order valence-corrected chi connectivity index (χ0v) is 17.4. The molecule has 4 rings (SSSR count). The Balaban J connectivity index is 0.00000240. The number of hydrogen-bond acceptors (Lipinski definition) is 5. The van der Waals surface area contributed by atoms with Gasteiger partial charge in [-0.25, -0.2) is 0 Å². The highest BCUT2D eigenvalue weighted by Gasteiger charge is 2.27. The number of rotatable bonds is 7. The fraction of sp³-hybridized carbons (Fsp3) is 0.348.